The number of fused-ring (bicyclic) bond motifs is 2. The summed E-state index contributed by atoms with van der Waals surface area (Å²) in [5, 5.41) is 9.64. The van der Waals surface area contributed by atoms with Crippen molar-refractivity contribution in [2.75, 3.05) is 6.54 Å². The summed E-state index contributed by atoms with van der Waals surface area (Å²) >= 11 is 0. The van der Waals surface area contributed by atoms with Gasteiger partial charge in [0.25, 0.3) is 5.91 Å². The van der Waals surface area contributed by atoms with Crippen LogP contribution in [0.5, 0.6) is 0 Å². The average molecular weight is 370 g/mol. The number of carbonyl (C=O) groups excluding carboxylic acids is 1. The zero-order chi connectivity index (χ0) is 19.1. The Morgan fingerprint density at radius 2 is 1.93 bits per heavy atom. The van der Waals surface area contributed by atoms with Crippen LogP contribution in [-0.4, -0.2) is 42.1 Å². The minimum atomic E-state index is -0.0962. The fraction of sp³-hybridized carbons (Fsp3) is 0.190. The van der Waals surface area contributed by atoms with E-state index in [9.17, 15) is 4.79 Å². The first-order valence-electron chi connectivity index (χ1n) is 9.20. The number of aromatic nitrogens is 5. The van der Waals surface area contributed by atoms with Crippen molar-refractivity contribution in [3.8, 4) is 11.4 Å². The Morgan fingerprint density at radius 3 is 2.79 bits per heavy atom. The highest BCUT2D eigenvalue weighted by molar-refractivity contribution is 5.94. The highest BCUT2D eigenvalue weighted by Crippen LogP contribution is 2.28. The highest BCUT2D eigenvalue weighted by atomic mass is 16.2. The van der Waals surface area contributed by atoms with Gasteiger partial charge in [0.1, 0.15) is 5.69 Å². The van der Waals surface area contributed by atoms with Crippen LogP contribution >= 0.6 is 0 Å². The van der Waals surface area contributed by atoms with E-state index in [1.165, 1.54) is 0 Å². The molecule has 0 N–H and O–H groups in total. The molecule has 1 aromatic carbocycles. The summed E-state index contributed by atoms with van der Waals surface area (Å²) in [6, 6.07) is 15.5. The lowest BCUT2D eigenvalue weighted by Gasteiger charge is -2.32. The Bertz CT molecular complexity index is 1170. The minimum absolute atomic E-state index is 0.0718. The molecule has 4 heterocycles. The van der Waals surface area contributed by atoms with Crippen molar-refractivity contribution in [3.63, 3.8) is 0 Å². The molecule has 7 heteroatoms. The molecule has 0 radical (unpaired) electrons. The molecule has 5 rings (SSSR count). The lowest BCUT2D eigenvalue weighted by Crippen LogP contribution is -2.40. The van der Waals surface area contributed by atoms with Crippen molar-refractivity contribution in [2.24, 2.45) is 0 Å². The SMILES string of the molecule is C[C@H]1CN(C(=O)c2ccc3cnccc3n2)Cc2nnc(-c3ccccc3)n21. The molecule has 0 unspecified atom stereocenters. The molecular weight excluding hydrogens is 352 g/mol. The largest absolute Gasteiger partial charge is 0.328 e. The molecule has 7 nitrogen and oxygen atoms in total. The molecular formula is C21H18N6O. The second kappa shape index (κ2) is 6.53. The lowest BCUT2D eigenvalue weighted by atomic mass is 10.1. The van der Waals surface area contributed by atoms with Crippen LogP contribution < -0.4 is 0 Å². The summed E-state index contributed by atoms with van der Waals surface area (Å²) in [5.41, 5.74) is 2.22. The van der Waals surface area contributed by atoms with E-state index in [1.807, 2.05) is 42.5 Å². The Kier molecular flexibility index (Phi) is 3.86. The molecule has 1 aliphatic heterocycles. The second-order valence-corrected chi connectivity index (χ2v) is 6.98. The molecule has 0 saturated carbocycles. The Labute approximate surface area is 161 Å². The standard InChI is InChI=1S/C21H18N6O/c1-14-12-26(21(28)18-8-7-16-11-22-10-9-17(16)23-18)13-19-24-25-20(27(14)19)15-5-3-2-4-6-15/h2-11,14H,12-13H2,1H3/t14-/m0/s1. The summed E-state index contributed by atoms with van der Waals surface area (Å²) in [6.07, 6.45) is 3.42. The van der Waals surface area contributed by atoms with Crippen LogP contribution in [0.25, 0.3) is 22.3 Å². The number of nitrogens with zero attached hydrogens (tertiary/aromatic N) is 6. The summed E-state index contributed by atoms with van der Waals surface area (Å²) in [5.74, 6) is 1.53. The smallest absolute Gasteiger partial charge is 0.272 e. The fourth-order valence-electron chi connectivity index (χ4n) is 3.72. The van der Waals surface area contributed by atoms with E-state index in [0.29, 0.717) is 18.8 Å². The number of hydrogen-bond donors (Lipinski definition) is 0. The van der Waals surface area contributed by atoms with Crippen molar-refractivity contribution >= 4 is 16.8 Å². The van der Waals surface area contributed by atoms with Gasteiger partial charge in [0.15, 0.2) is 11.6 Å². The third kappa shape index (κ3) is 2.72. The van der Waals surface area contributed by atoms with Crippen molar-refractivity contribution < 1.29 is 4.79 Å². The van der Waals surface area contributed by atoms with Crippen molar-refractivity contribution in [1.29, 1.82) is 0 Å². The van der Waals surface area contributed by atoms with E-state index in [4.69, 9.17) is 0 Å². The van der Waals surface area contributed by atoms with E-state index in [0.717, 1.165) is 28.1 Å². The third-order valence-corrected chi connectivity index (χ3v) is 5.05. The zero-order valence-electron chi connectivity index (χ0n) is 15.4. The van der Waals surface area contributed by atoms with E-state index >= 15 is 0 Å². The first-order chi connectivity index (χ1) is 13.7. The van der Waals surface area contributed by atoms with E-state index in [-0.39, 0.29) is 11.9 Å². The van der Waals surface area contributed by atoms with Gasteiger partial charge in [-0.2, -0.15) is 0 Å². The monoisotopic (exact) mass is 370 g/mol. The Hall–Kier alpha value is -3.61. The van der Waals surface area contributed by atoms with Crippen LogP contribution in [0.15, 0.2) is 60.9 Å². The van der Waals surface area contributed by atoms with Gasteiger partial charge >= 0.3 is 0 Å². The van der Waals surface area contributed by atoms with Crippen LogP contribution in [0.2, 0.25) is 0 Å². The van der Waals surface area contributed by atoms with Gasteiger partial charge in [-0.1, -0.05) is 30.3 Å². The molecule has 1 aliphatic rings. The van der Waals surface area contributed by atoms with Gasteiger partial charge in [-0.05, 0) is 25.1 Å². The van der Waals surface area contributed by atoms with E-state index < -0.39 is 0 Å². The number of benzene rings is 1. The normalized spacial score (nSPS) is 16.2. The van der Waals surface area contributed by atoms with Crippen molar-refractivity contribution in [1.82, 2.24) is 29.6 Å². The van der Waals surface area contributed by atoms with Gasteiger partial charge < -0.3 is 9.47 Å². The number of hydrogen-bond acceptors (Lipinski definition) is 5. The Morgan fingerprint density at radius 1 is 1.07 bits per heavy atom. The molecule has 0 aliphatic carbocycles. The molecule has 138 valence electrons. The molecule has 1 amide bonds. The number of amides is 1. The van der Waals surface area contributed by atoms with E-state index in [2.05, 4.69) is 31.7 Å². The minimum Gasteiger partial charge on any atom is -0.328 e. The molecule has 0 spiro atoms. The maximum absolute atomic E-state index is 13.1. The maximum Gasteiger partial charge on any atom is 0.272 e. The average Bonchev–Trinajstić information content (AvgIpc) is 3.18. The predicted molar refractivity (Wildman–Crippen MR) is 104 cm³/mol. The summed E-state index contributed by atoms with van der Waals surface area (Å²) in [7, 11) is 0. The van der Waals surface area contributed by atoms with Gasteiger partial charge in [0.05, 0.1) is 18.1 Å². The first kappa shape index (κ1) is 16.6. The predicted octanol–water partition coefficient (Wildman–Crippen LogP) is 3.11. The number of rotatable bonds is 2. The summed E-state index contributed by atoms with van der Waals surface area (Å²) in [6.45, 7) is 3.08. The highest BCUT2D eigenvalue weighted by Gasteiger charge is 2.30. The zero-order valence-corrected chi connectivity index (χ0v) is 15.4. The van der Waals surface area contributed by atoms with Crippen LogP contribution in [0, 0.1) is 0 Å². The van der Waals surface area contributed by atoms with Gasteiger partial charge in [0.2, 0.25) is 0 Å². The summed E-state index contributed by atoms with van der Waals surface area (Å²) in [4.78, 5) is 23.5. The summed E-state index contributed by atoms with van der Waals surface area (Å²) < 4.78 is 2.12. The van der Waals surface area contributed by atoms with Crippen LogP contribution in [0.4, 0.5) is 0 Å². The van der Waals surface area contributed by atoms with E-state index in [1.54, 1.807) is 23.4 Å². The van der Waals surface area contributed by atoms with Crippen molar-refractivity contribution in [2.45, 2.75) is 19.5 Å². The molecule has 0 fully saturated rings. The van der Waals surface area contributed by atoms with Gasteiger partial charge in [-0.15, -0.1) is 10.2 Å². The molecule has 28 heavy (non-hydrogen) atoms. The molecule has 1 atom stereocenters. The molecule has 3 aromatic heterocycles. The van der Waals surface area contributed by atoms with Gasteiger partial charge in [-0.3, -0.25) is 9.78 Å². The molecule has 0 bridgehead atoms. The first-order valence-corrected chi connectivity index (χ1v) is 9.20. The lowest BCUT2D eigenvalue weighted by molar-refractivity contribution is 0.0676. The quantitative estimate of drug-likeness (QED) is 0.542. The van der Waals surface area contributed by atoms with Crippen LogP contribution in [0.1, 0.15) is 29.3 Å². The van der Waals surface area contributed by atoms with Crippen molar-refractivity contribution in [3.05, 3.63) is 72.4 Å². The topological polar surface area (TPSA) is 76.8 Å². The van der Waals surface area contributed by atoms with Crippen LogP contribution in [-0.2, 0) is 6.54 Å². The van der Waals surface area contributed by atoms with Gasteiger partial charge in [-0.25, -0.2) is 4.98 Å². The van der Waals surface area contributed by atoms with Gasteiger partial charge in [0, 0.05) is 29.9 Å². The fourth-order valence-corrected chi connectivity index (χ4v) is 3.72. The number of carbonyl (C=O) groups is 1. The maximum atomic E-state index is 13.1. The van der Waals surface area contributed by atoms with Crippen LogP contribution in [0.3, 0.4) is 0 Å². The third-order valence-electron chi connectivity index (χ3n) is 5.05. The second-order valence-electron chi connectivity index (χ2n) is 6.98. The Balaban J connectivity index is 1.46. The number of pyridine rings is 2. The molecule has 4 aromatic rings. The molecule has 0 saturated heterocycles.